The number of benzene rings is 1. The molecule has 1 saturated heterocycles. The van der Waals surface area contributed by atoms with E-state index < -0.39 is 18.1 Å². The van der Waals surface area contributed by atoms with Gasteiger partial charge in [0.05, 0.1) is 6.10 Å². The highest BCUT2D eigenvalue weighted by Crippen LogP contribution is 2.57. The Morgan fingerprint density at radius 2 is 1.85 bits per heavy atom. The number of esters is 1. The van der Waals surface area contributed by atoms with Crippen LogP contribution in [0.2, 0.25) is 0 Å². The van der Waals surface area contributed by atoms with Crippen molar-refractivity contribution < 1.29 is 34.4 Å². The van der Waals surface area contributed by atoms with E-state index in [2.05, 4.69) is 33.0 Å². The number of carbonyl (C=O) groups is 3. The molecule has 1 aromatic rings. The molecule has 0 radical (unpaired) electrons. The number of aliphatic hydroxyl groups excluding tert-OH is 1. The Kier molecular flexibility index (Phi) is 9.91. The Bertz CT molecular complexity index is 1040. The maximum atomic E-state index is 13.0. The molecule has 1 heterocycles. The number of phenolic OH excluding ortho intramolecular Hbond substituents is 2. The number of carbonyl (C=O) groups excluding carboxylic acids is 3. The van der Waals surface area contributed by atoms with Gasteiger partial charge in [0.25, 0.3) is 0 Å². The van der Waals surface area contributed by atoms with Crippen molar-refractivity contribution in [3.8, 4) is 11.5 Å². The van der Waals surface area contributed by atoms with Crippen molar-refractivity contribution in [1.82, 2.24) is 10.2 Å². The molecule has 1 aliphatic heterocycles. The van der Waals surface area contributed by atoms with Gasteiger partial charge in [-0.25, -0.2) is 4.79 Å². The summed E-state index contributed by atoms with van der Waals surface area (Å²) in [7, 11) is 0. The number of hydrogen-bond donors (Lipinski definition) is 4. The van der Waals surface area contributed by atoms with Crippen LogP contribution in [0, 0.1) is 16.7 Å². The van der Waals surface area contributed by atoms with Crippen LogP contribution in [0.5, 0.6) is 11.5 Å². The summed E-state index contributed by atoms with van der Waals surface area (Å²) in [5, 5.41) is 31.7. The van der Waals surface area contributed by atoms with Crippen LogP contribution in [0.3, 0.4) is 0 Å². The fourth-order valence-electron chi connectivity index (χ4n) is 5.94. The maximum absolute atomic E-state index is 13.0. The summed E-state index contributed by atoms with van der Waals surface area (Å²) >= 11 is 0. The number of rotatable bonds is 11. The zero-order valence-corrected chi connectivity index (χ0v) is 24.0. The lowest BCUT2D eigenvalue weighted by molar-refractivity contribution is -0.158. The van der Waals surface area contributed by atoms with Crippen LogP contribution in [0.25, 0.3) is 0 Å². The Balaban J connectivity index is 1.40. The number of ether oxygens (including phenoxy) is 1. The van der Waals surface area contributed by atoms with Crippen molar-refractivity contribution in [3.05, 3.63) is 23.8 Å². The summed E-state index contributed by atoms with van der Waals surface area (Å²) in [6.45, 7) is 11.9. The molecule has 1 saturated carbocycles. The van der Waals surface area contributed by atoms with Crippen LogP contribution in [0.4, 0.5) is 0 Å². The molecule has 2 aliphatic rings. The molecule has 4 unspecified atom stereocenters. The zero-order valence-electron chi connectivity index (χ0n) is 24.0. The Labute approximate surface area is 231 Å². The molecule has 0 aromatic heterocycles. The third kappa shape index (κ3) is 7.44. The minimum atomic E-state index is -1.33. The molecule has 0 bridgehead atoms. The molecule has 1 aromatic carbocycles. The first kappa shape index (κ1) is 30.7. The summed E-state index contributed by atoms with van der Waals surface area (Å²) in [5.74, 6) is -1.17. The lowest BCUT2D eigenvalue weighted by atomic mass is 9.66. The molecular weight excluding hydrogens is 500 g/mol. The van der Waals surface area contributed by atoms with Crippen molar-refractivity contribution in [2.75, 3.05) is 13.1 Å². The average Bonchev–Trinajstić information content (AvgIpc) is 3.43. The van der Waals surface area contributed by atoms with Crippen molar-refractivity contribution >= 4 is 17.8 Å². The van der Waals surface area contributed by atoms with E-state index in [4.69, 9.17) is 4.74 Å². The van der Waals surface area contributed by atoms with E-state index in [9.17, 15) is 29.7 Å². The number of nitrogens with one attached hydrogen (secondary N) is 1. The predicted octanol–water partition coefficient (Wildman–Crippen LogP) is 3.67. The van der Waals surface area contributed by atoms with E-state index in [0.29, 0.717) is 30.9 Å². The van der Waals surface area contributed by atoms with E-state index in [0.717, 1.165) is 19.3 Å². The fourth-order valence-corrected chi connectivity index (χ4v) is 5.94. The quantitative estimate of drug-likeness (QED) is 0.189. The summed E-state index contributed by atoms with van der Waals surface area (Å²) in [6.07, 6.45) is 3.44. The van der Waals surface area contributed by atoms with Crippen LogP contribution in [0.15, 0.2) is 18.2 Å². The molecule has 2 fully saturated rings. The first-order chi connectivity index (χ1) is 18.2. The van der Waals surface area contributed by atoms with Gasteiger partial charge in [0.15, 0.2) is 11.5 Å². The molecule has 1 aliphatic carbocycles. The van der Waals surface area contributed by atoms with E-state index in [-0.39, 0.29) is 59.7 Å². The number of aliphatic hydroxyl groups is 1. The second-order valence-corrected chi connectivity index (χ2v) is 12.5. The molecule has 2 amide bonds. The third-order valence-corrected chi connectivity index (χ3v) is 9.30. The molecule has 0 spiro atoms. The molecule has 4 N–H and O–H groups in total. The van der Waals surface area contributed by atoms with Crippen molar-refractivity contribution in [1.29, 1.82) is 0 Å². The fraction of sp³-hybridized carbons (Fsp3) is 0.700. The monoisotopic (exact) mass is 546 g/mol. The van der Waals surface area contributed by atoms with Crippen LogP contribution >= 0.6 is 0 Å². The normalized spacial score (nSPS) is 23.3. The number of likely N-dealkylation sites (tertiary alicyclic amines) is 1. The number of phenols is 2. The van der Waals surface area contributed by atoms with Gasteiger partial charge in [-0.2, -0.15) is 0 Å². The minimum absolute atomic E-state index is 0.0232. The number of hydrogen-bond acceptors (Lipinski definition) is 7. The molecule has 4 atom stereocenters. The second kappa shape index (κ2) is 12.6. The summed E-state index contributed by atoms with van der Waals surface area (Å²) in [4.78, 5) is 39.7. The smallest absolute Gasteiger partial charge is 0.329 e. The van der Waals surface area contributed by atoms with E-state index in [1.54, 1.807) is 4.90 Å². The van der Waals surface area contributed by atoms with E-state index in [1.165, 1.54) is 24.6 Å². The zero-order chi connectivity index (χ0) is 29.0. The Morgan fingerprint density at radius 3 is 2.49 bits per heavy atom. The first-order valence-electron chi connectivity index (χ1n) is 14.2. The molecule has 9 heteroatoms. The summed E-state index contributed by atoms with van der Waals surface area (Å²) in [6, 6.07) is 3.53. The van der Waals surface area contributed by atoms with Gasteiger partial charge in [0.2, 0.25) is 11.8 Å². The second-order valence-electron chi connectivity index (χ2n) is 12.5. The SMILES string of the molecule is CC(CC1CCC(C)(C)C1(C)C)OC(=O)C1CCCN1C(=O)CCCNC(=O)C(O)Cc1ccc(O)c(O)c1. The Hall–Kier alpha value is -2.81. The van der Waals surface area contributed by atoms with Crippen molar-refractivity contribution in [3.63, 3.8) is 0 Å². The highest BCUT2D eigenvalue weighted by atomic mass is 16.5. The van der Waals surface area contributed by atoms with Gasteiger partial charge in [-0.1, -0.05) is 33.8 Å². The van der Waals surface area contributed by atoms with Gasteiger partial charge < -0.3 is 30.3 Å². The summed E-state index contributed by atoms with van der Waals surface area (Å²) < 4.78 is 5.84. The van der Waals surface area contributed by atoms with Crippen LogP contribution in [0.1, 0.15) is 85.1 Å². The molecule has 218 valence electrons. The van der Waals surface area contributed by atoms with E-state index in [1.807, 2.05) is 6.92 Å². The largest absolute Gasteiger partial charge is 0.504 e. The van der Waals surface area contributed by atoms with Gasteiger partial charge in [0, 0.05) is 25.9 Å². The van der Waals surface area contributed by atoms with Crippen molar-refractivity contribution in [2.45, 2.75) is 104 Å². The first-order valence-corrected chi connectivity index (χ1v) is 14.2. The highest BCUT2D eigenvalue weighted by molar-refractivity contribution is 5.85. The summed E-state index contributed by atoms with van der Waals surface area (Å²) in [5.41, 5.74) is 0.924. The Morgan fingerprint density at radius 1 is 1.13 bits per heavy atom. The van der Waals surface area contributed by atoms with Crippen LogP contribution < -0.4 is 5.32 Å². The lowest BCUT2D eigenvalue weighted by Crippen LogP contribution is -2.43. The minimum Gasteiger partial charge on any atom is -0.504 e. The number of amides is 2. The molecule has 3 rings (SSSR count). The molecule has 9 nitrogen and oxygen atoms in total. The standard InChI is InChI=1S/C30H46N2O7/c1-19(16-21-12-13-29(2,3)30(21,4)5)39-28(38)22-8-7-15-32(22)26(36)9-6-14-31-27(37)25(35)18-20-10-11-23(33)24(34)17-20/h10-11,17,19,21-22,25,33-35H,6-9,12-16,18H2,1-5H3,(H,31,37). The van der Waals surface area contributed by atoms with Gasteiger partial charge in [-0.15, -0.1) is 0 Å². The van der Waals surface area contributed by atoms with Crippen LogP contribution in [-0.2, 0) is 25.5 Å². The van der Waals surface area contributed by atoms with Crippen molar-refractivity contribution in [2.24, 2.45) is 16.7 Å². The van der Waals surface area contributed by atoms with Gasteiger partial charge >= 0.3 is 5.97 Å². The van der Waals surface area contributed by atoms with Crippen LogP contribution in [-0.4, -0.2) is 69.3 Å². The highest BCUT2D eigenvalue weighted by Gasteiger charge is 2.48. The van der Waals surface area contributed by atoms with Gasteiger partial charge in [-0.05, 0) is 79.9 Å². The third-order valence-electron chi connectivity index (χ3n) is 9.30. The molecule has 39 heavy (non-hydrogen) atoms. The average molecular weight is 547 g/mol. The predicted molar refractivity (Wildman–Crippen MR) is 147 cm³/mol. The van der Waals surface area contributed by atoms with Gasteiger partial charge in [-0.3, -0.25) is 9.59 Å². The topological polar surface area (TPSA) is 136 Å². The maximum Gasteiger partial charge on any atom is 0.329 e. The number of aromatic hydroxyl groups is 2. The number of nitrogens with zero attached hydrogens (tertiary/aromatic N) is 1. The van der Waals surface area contributed by atoms with E-state index >= 15 is 0 Å². The van der Waals surface area contributed by atoms with Gasteiger partial charge in [0.1, 0.15) is 12.1 Å². The lowest BCUT2D eigenvalue weighted by Gasteiger charge is -2.40. The molecular formula is C30H46N2O7.